The smallest absolute Gasteiger partial charge is 0.254 e. The number of nitrogens with one attached hydrogen (secondary N) is 1. The molecule has 6 rings (SSSR count). The van der Waals surface area contributed by atoms with E-state index in [0.29, 0.717) is 25.3 Å². The van der Waals surface area contributed by atoms with Crippen LogP contribution < -0.4 is 4.74 Å². The molecule has 7 nitrogen and oxygen atoms in total. The molecule has 0 saturated carbocycles. The third kappa shape index (κ3) is 3.29. The summed E-state index contributed by atoms with van der Waals surface area (Å²) in [5.74, 6) is 1.70. The van der Waals surface area contributed by atoms with Crippen molar-refractivity contribution in [1.29, 1.82) is 0 Å². The first-order chi connectivity index (χ1) is 15.6. The fourth-order valence-corrected chi connectivity index (χ4v) is 4.76. The van der Waals surface area contributed by atoms with Crippen molar-refractivity contribution in [3.63, 3.8) is 0 Å². The number of carbonyl (C=O) groups excluding carboxylic acids is 1. The minimum atomic E-state index is -0.0171. The lowest BCUT2D eigenvalue weighted by atomic mass is 10.0. The summed E-state index contributed by atoms with van der Waals surface area (Å²) >= 11 is 1.30. The van der Waals surface area contributed by atoms with Crippen molar-refractivity contribution in [2.45, 2.75) is 13.5 Å². The van der Waals surface area contributed by atoms with Crippen LogP contribution in [0.5, 0.6) is 5.75 Å². The maximum atomic E-state index is 13.3. The van der Waals surface area contributed by atoms with E-state index >= 15 is 0 Å². The SMILES string of the molecule is Cc1nc2ccc(-c3ccc4c(c3)CN(C(=O)c3ccc5nnsc5c3)CCO4)cc2[nH]1. The number of hydrogen-bond donors (Lipinski definition) is 1. The zero-order valence-electron chi connectivity index (χ0n) is 17.3. The Labute approximate surface area is 187 Å². The number of aromatic amines is 1. The molecule has 0 saturated heterocycles. The summed E-state index contributed by atoms with van der Waals surface area (Å²) in [5.41, 5.74) is 6.58. The van der Waals surface area contributed by atoms with E-state index in [1.54, 1.807) is 0 Å². The molecule has 0 bridgehead atoms. The zero-order chi connectivity index (χ0) is 21.7. The van der Waals surface area contributed by atoms with Crippen molar-refractivity contribution in [3.05, 3.63) is 71.5 Å². The molecule has 8 heteroatoms. The normalized spacial score (nSPS) is 13.7. The molecule has 3 aromatic carbocycles. The first-order valence-electron chi connectivity index (χ1n) is 10.4. The average Bonchev–Trinajstić information content (AvgIpc) is 3.36. The summed E-state index contributed by atoms with van der Waals surface area (Å²) in [6.07, 6.45) is 0. The minimum Gasteiger partial charge on any atom is -0.491 e. The van der Waals surface area contributed by atoms with Gasteiger partial charge in [0.15, 0.2) is 0 Å². The standard InChI is InChI=1S/C24H19N5O2S/c1-14-25-19-5-2-16(11-21(19)26-14)15-4-7-22-18(10-15)13-29(8-9-31-22)24(30)17-3-6-20-23(12-17)32-28-27-20/h2-7,10-12H,8-9,13H2,1H3,(H,25,26). The molecular formula is C24H19N5O2S. The van der Waals surface area contributed by atoms with E-state index in [1.165, 1.54) is 11.5 Å². The number of rotatable bonds is 2. The van der Waals surface area contributed by atoms with Crippen LogP contribution in [0, 0.1) is 6.92 Å². The Kier molecular flexibility index (Phi) is 4.39. The number of amides is 1. The van der Waals surface area contributed by atoms with E-state index in [0.717, 1.165) is 49.5 Å². The molecule has 158 valence electrons. The summed E-state index contributed by atoms with van der Waals surface area (Å²) in [7, 11) is 0. The zero-order valence-corrected chi connectivity index (χ0v) is 18.1. The van der Waals surface area contributed by atoms with Crippen LogP contribution in [-0.4, -0.2) is 43.5 Å². The summed E-state index contributed by atoms with van der Waals surface area (Å²) in [6, 6.07) is 17.9. The van der Waals surface area contributed by atoms with Gasteiger partial charge < -0.3 is 14.6 Å². The number of carbonyl (C=O) groups is 1. The van der Waals surface area contributed by atoms with Crippen LogP contribution in [0.15, 0.2) is 54.6 Å². The van der Waals surface area contributed by atoms with Gasteiger partial charge in [0.25, 0.3) is 5.91 Å². The number of nitrogens with zero attached hydrogens (tertiary/aromatic N) is 4. The van der Waals surface area contributed by atoms with Crippen LogP contribution in [0.2, 0.25) is 0 Å². The first kappa shape index (κ1) is 18.9. The van der Waals surface area contributed by atoms with Crippen molar-refractivity contribution < 1.29 is 9.53 Å². The van der Waals surface area contributed by atoms with Gasteiger partial charge in [-0.3, -0.25) is 4.79 Å². The second-order valence-electron chi connectivity index (χ2n) is 7.91. The van der Waals surface area contributed by atoms with Gasteiger partial charge in [0.05, 0.1) is 22.3 Å². The highest BCUT2D eigenvalue weighted by atomic mass is 32.1. The van der Waals surface area contributed by atoms with Gasteiger partial charge in [-0.15, -0.1) is 5.10 Å². The molecule has 2 aromatic heterocycles. The molecular weight excluding hydrogens is 422 g/mol. The van der Waals surface area contributed by atoms with Gasteiger partial charge in [0.2, 0.25) is 0 Å². The van der Waals surface area contributed by atoms with Crippen LogP contribution in [0.4, 0.5) is 0 Å². The molecule has 0 unspecified atom stereocenters. The van der Waals surface area contributed by atoms with Crippen molar-refractivity contribution in [1.82, 2.24) is 24.5 Å². The lowest BCUT2D eigenvalue weighted by Gasteiger charge is -2.20. The van der Waals surface area contributed by atoms with Crippen molar-refractivity contribution in [2.75, 3.05) is 13.2 Å². The number of aryl methyl sites for hydroxylation is 1. The van der Waals surface area contributed by atoms with E-state index in [-0.39, 0.29) is 5.91 Å². The van der Waals surface area contributed by atoms with Gasteiger partial charge in [-0.25, -0.2) is 4.98 Å². The predicted octanol–water partition coefficient (Wildman–Crippen LogP) is 4.58. The fourth-order valence-electron chi connectivity index (χ4n) is 4.16. The van der Waals surface area contributed by atoms with Gasteiger partial charge in [0.1, 0.15) is 23.7 Å². The second kappa shape index (κ2) is 7.42. The van der Waals surface area contributed by atoms with Crippen LogP contribution in [0.3, 0.4) is 0 Å². The van der Waals surface area contributed by atoms with E-state index in [2.05, 4.69) is 43.8 Å². The average molecular weight is 442 g/mol. The van der Waals surface area contributed by atoms with Gasteiger partial charge in [-0.2, -0.15) is 0 Å². The molecule has 0 aliphatic carbocycles. The van der Waals surface area contributed by atoms with Crippen LogP contribution >= 0.6 is 11.5 Å². The maximum Gasteiger partial charge on any atom is 0.254 e. The second-order valence-corrected chi connectivity index (χ2v) is 8.69. The number of H-pyrrole nitrogens is 1. The quantitative estimate of drug-likeness (QED) is 0.434. The molecule has 0 spiro atoms. The Morgan fingerprint density at radius 1 is 1.06 bits per heavy atom. The molecule has 3 heterocycles. The van der Waals surface area contributed by atoms with Gasteiger partial charge in [-0.1, -0.05) is 16.6 Å². The fraction of sp³-hybridized carbons (Fsp3) is 0.167. The lowest BCUT2D eigenvalue weighted by Crippen LogP contribution is -2.32. The highest BCUT2D eigenvalue weighted by Gasteiger charge is 2.22. The molecule has 1 aliphatic rings. The number of hydrogen-bond acceptors (Lipinski definition) is 6. The Bertz CT molecular complexity index is 1490. The van der Waals surface area contributed by atoms with Crippen molar-refractivity contribution in [2.24, 2.45) is 0 Å². The monoisotopic (exact) mass is 441 g/mol. The minimum absolute atomic E-state index is 0.0171. The van der Waals surface area contributed by atoms with E-state index in [4.69, 9.17) is 4.74 Å². The molecule has 0 atom stereocenters. The summed E-state index contributed by atoms with van der Waals surface area (Å²) in [6.45, 7) is 3.43. The van der Waals surface area contributed by atoms with E-state index in [1.807, 2.05) is 42.2 Å². The number of aromatic nitrogens is 4. The maximum absolute atomic E-state index is 13.3. The summed E-state index contributed by atoms with van der Waals surface area (Å²) in [4.78, 5) is 22.9. The summed E-state index contributed by atoms with van der Waals surface area (Å²) < 4.78 is 10.8. The Balaban J connectivity index is 1.32. The number of benzene rings is 3. The Morgan fingerprint density at radius 2 is 1.91 bits per heavy atom. The first-order valence-corrected chi connectivity index (χ1v) is 11.2. The largest absolute Gasteiger partial charge is 0.491 e. The van der Waals surface area contributed by atoms with Crippen molar-refractivity contribution in [3.8, 4) is 16.9 Å². The van der Waals surface area contributed by atoms with Gasteiger partial charge in [-0.05, 0) is 72.0 Å². The number of imidazole rings is 1. The number of fused-ring (bicyclic) bond motifs is 3. The number of ether oxygens (including phenoxy) is 1. The highest BCUT2D eigenvalue weighted by molar-refractivity contribution is 7.12. The van der Waals surface area contributed by atoms with E-state index < -0.39 is 0 Å². The third-order valence-corrected chi connectivity index (χ3v) is 6.44. The Hall–Kier alpha value is -3.78. The topological polar surface area (TPSA) is 84.0 Å². The third-order valence-electron chi connectivity index (χ3n) is 5.76. The summed E-state index contributed by atoms with van der Waals surface area (Å²) in [5, 5.41) is 4.05. The van der Waals surface area contributed by atoms with Crippen LogP contribution in [0.1, 0.15) is 21.7 Å². The molecule has 0 fully saturated rings. The highest BCUT2D eigenvalue weighted by Crippen LogP contribution is 2.31. The Morgan fingerprint density at radius 3 is 2.84 bits per heavy atom. The van der Waals surface area contributed by atoms with Gasteiger partial charge >= 0.3 is 0 Å². The van der Waals surface area contributed by atoms with E-state index in [9.17, 15) is 4.79 Å². The van der Waals surface area contributed by atoms with Crippen LogP contribution in [-0.2, 0) is 6.54 Å². The van der Waals surface area contributed by atoms with Crippen LogP contribution in [0.25, 0.3) is 32.4 Å². The molecule has 1 N–H and O–H groups in total. The molecule has 0 radical (unpaired) electrons. The predicted molar refractivity (Wildman–Crippen MR) is 124 cm³/mol. The molecule has 1 aliphatic heterocycles. The van der Waals surface area contributed by atoms with Crippen molar-refractivity contribution >= 4 is 38.7 Å². The lowest BCUT2D eigenvalue weighted by molar-refractivity contribution is 0.0733. The van der Waals surface area contributed by atoms with Gasteiger partial charge in [0, 0.05) is 17.7 Å². The molecule has 5 aromatic rings. The molecule has 32 heavy (non-hydrogen) atoms. The molecule has 1 amide bonds.